The summed E-state index contributed by atoms with van der Waals surface area (Å²) >= 11 is 0. The number of hydrogen-bond acceptors (Lipinski definition) is 5. The Labute approximate surface area is 297 Å². The van der Waals surface area contributed by atoms with Crippen LogP contribution in [0.1, 0.15) is 0 Å². The second-order valence-corrected chi connectivity index (χ2v) is 13.2. The van der Waals surface area contributed by atoms with Crippen LogP contribution in [0.15, 0.2) is 183 Å². The predicted octanol–water partition coefficient (Wildman–Crippen LogP) is 13.6. The SMILES string of the molecule is c1ccc(-c2cccc(N(c3ccc4c(c3)oc3cccc(-c5nc6cc7ccccc7cc6o5)c34)c3cccc4c3oc3ccccc34)c2)cc1. The summed E-state index contributed by atoms with van der Waals surface area (Å²) < 4.78 is 19.6. The molecule has 0 bridgehead atoms. The number of nitrogens with zero attached hydrogens (tertiary/aromatic N) is 2. The highest BCUT2D eigenvalue weighted by Gasteiger charge is 2.22. The largest absolute Gasteiger partial charge is 0.456 e. The van der Waals surface area contributed by atoms with Crippen molar-refractivity contribution in [3.05, 3.63) is 170 Å². The van der Waals surface area contributed by atoms with Crippen LogP contribution in [0.25, 0.3) is 88.3 Å². The van der Waals surface area contributed by atoms with Gasteiger partial charge in [-0.15, -0.1) is 0 Å². The van der Waals surface area contributed by atoms with Gasteiger partial charge in [0.1, 0.15) is 22.3 Å². The van der Waals surface area contributed by atoms with E-state index < -0.39 is 0 Å². The van der Waals surface area contributed by atoms with Gasteiger partial charge in [-0.05, 0) is 82.6 Å². The number of oxazole rings is 1. The van der Waals surface area contributed by atoms with Crippen LogP contribution in [0.2, 0.25) is 0 Å². The maximum absolute atomic E-state index is 6.62. The van der Waals surface area contributed by atoms with E-state index in [-0.39, 0.29) is 0 Å². The smallest absolute Gasteiger partial charge is 0.228 e. The van der Waals surface area contributed by atoms with Crippen molar-refractivity contribution in [1.82, 2.24) is 4.98 Å². The molecule has 11 rings (SSSR count). The first-order valence-electron chi connectivity index (χ1n) is 17.4. The highest BCUT2D eigenvalue weighted by molar-refractivity contribution is 6.14. The molecule has 0 aliphatic heterocycles. The molecule has 0 aliphatic carbocycles. The summed E-state index contributed by atoms with van der Waals surface area (Å²) in [5, 5.41) is 6.36. The van der Waals surface area contributed by atoms with E-state index in [1.165, 1.54) is 0 Å². The number of hydrogen-bond donors (Lipinski definition) is 0. The van der Waals surface area contributed by atoms with Gasteiger partial charge in [0.05, 0.1) is 11.4 Å². The van der Waals surface area contributed by atoms with Crippen LogP contribution in [-0.4, -0.2) is 4.98 Å². The van der Waals surface area contributed by atoms with Crippen LogP contribution in [-0.2, 0) is 0 Å². The Morgan fingerprint density at radius 3 is 2.08 bits per heavy atom. The molecule has 52 heavy (non-hydrogen) atoms. The lowest BCUT2D eigenvalue weighted by molar-refractivity contribution is 0.620. The number of para-hydroxylation sites is 2. The van der Waals surface area contributed by atoms with E-state index in [9.17, 15) is 0 Å². The minimum atomic E-state index is 0.568. The Morgan fingerprint density at radius 2 is 1.15 bits per heavy atom. The fraction of sp³-hybridized carbons (Fsp3) is 0. The average molecular weight is 669 g/mol. The third-order valence-corrected chi connectivity index (χ3v) is 10.1. The Hall–Kier alpha value is -7.11. The van der Waals surface area contributed by atoms with Crippen molar-refractivity contribution in [1.29, 1.82) is 0 Å². The molecule has 11 aromatic rings. The van der Waals surface area contributed by atoms with Gasteiger partial charge in [-0.25, -0.2) is 4.98 Å². The highest BCUT2D eigenvalue weighted by Crippen LogP contribution is 2.45. The third-order valence-electron chi connectivity index (χ3n) is 10.1. The molecule has 0 saturated heterocycles. The second-order valence-electron chi connectivity index (χ2n) is 13.2. The number of fused-ring (bicyclic) bond motifs is 8. The number of furan rings is 2. The second kappa shape index (κ2) is 11.2. The lowest BCUT2D eigenvalue weighted by atomic mass is 10.0. The van der Waals surface area contributed by atoms with Crippen molar-refractivity contribution in [2.45, 2.75) is 0 Å². The van der Waals surface area contributed by atoms with Gasteiger partial charge < -0.3 is 18.2 Å². The maximum atomic E-state index is 6.62. The minimum Gasteiger partial charge on any atom is -0.456 e. The van der Waals surface area contributed by atoms with Crippen LogP contribution in [0, 0.1) is 0 Å². The fourth-order valence-electron chi connectivity index (χ4n) is 7.65. The van der Waals surface area contributed by atoms with E-state index in [4.69, 9.17) is 18.2 Å². The minimum absolute atomic E-state index is 0.568. The zero-order valence-electron chi connectivity index (χ0n) is 27.8. The third kappa shape index (κ3) is 4.46. The van der Waals surface area contributed by atoms with Crippen LogP contribution in [0.3, 0.4) is 0 Å². The van der Waals surface area contributed by atoms with Gasteiger partial charge in [-0.3, -0.25) is 0 Å². The van der Waals surface area contributed by atoms with Crippen LogP contribution < -0.4 is 4.90 Å². The molecule has 0 spiro atoms. The molecule has 3 heterocycles. The molecule has 3 aromatic heterocycles. The average Bonchev–Trinajstić information content (AvgIpc) is 3.91. The van der Waals surface area contributed by atoms with E-state index in [1.54, 1.807) is 0 Å². The van der Waals surface area contributed by atoms with Gasteiger partial charge >= 0.3 is 0 Å². The van der Waals surface area contributed by atoms with E-state index in [2.05, 4.69) is 132 Å². The van der Waals surface area contributed by atoms with Gasteiger partial charge in [-0.1, -0.05) is 103 Å². The molecule has 0 N–H and O–H groups in total. The first kappa shape index (κ1) is 28.7. The quantitative estimate of drug-likeness (QED) is 0.183. The van der Waals surface area contributed by atoms with Crippen molar-refractivity contribution in [3.63, 3.8) is 0 Å². The molecule has 8 aromatic carbocycles. The summed E-state index contributed by atoms with van der Waals surface area (Å²) in [7, 11) is 0. The van der Waals surface area contributed by atoms with Crippen LogP contribution in [0.4, 0.5) is 17.1 Å². The maximum Gasteiger partial charge on any atom is 0.228 e. The number of aromatic nitrogens is 1. The Kier molecular flexibility index (Phi) is 6.18. The van der Waals surface area contributed by atoms with Crippen molar-refractivity contribution >= 4 is 82.8 Å². The number of anilines is 3. The summed E-state index contributed by atoms with van der Waals surface area (Å²) in [6, 6.07) is 58.5. The normalized spacial score (nSPS) is 11.8. The van der Waals surface area contributed by atoms with E-state index >= 15 is 0 Å². The lowest BCUT2D eigenvalue weighted by Gasteiger charge is -2.26. The van der Waals surface area contributed by atoms with E-state index in [1.807, 2.05) is 42.5 Å². The molecule has 0 unspecified atom stereocenters. The zero-order valence-corrected chi connectivity index (χ0v) is 27.8. The Balaban J connectivity index is 1.11. The van der Waals surface area contributed by atoms with E-state index in [0.29, 0.717) is 5.89 Å². The van der Waals surface area contributed by atoms with Gasteiger partial charge in [-0.2, -0.15) is 0 Å². The number of benzene rings is 8. The summed E-state index contributed by atoms with van der Waals surface area (Å²) in [6.45, 7) is 0. The molecular formula is C47H28N2O3. The van der Waals surface area contributed by atoms with Crippen molar-refractivity contribution in [3.8, 4) is 22.6 Å². The van der Waals surface area contributed by atoms with Gasteiger partial charge in [0.2, 0.25) is 5.89 Å². The first-order chi connectivity index (χ1) is 25.7. The highest BCUT2D eigenvalue weighted by atomic mass is 16.4. The van der Waals surface area contributed by atoms with Crippen molar-refractivity contribution < 1.29 is 13.3 Å². The van der Waals surface area contributed by atoms with Crippen molar-refractivity contribution in [2.75, 3.05) is 4.90 Å². The van der Waals surface area contributed by atoms with Crippen molar-refractivity contribution in [2.24, 2.45) is 0 Å². The molecule has 0 fully saturated rings. The molecule has 0 saturated carbocycles. The summed E-state index contributed by atoms with van der Waals surface area (Å²) in [5.74, 6) is 0.568. The van der Waals surface area contributed by atoms with Crippen LogP contribution in [0.5, 0.6) is 0 Å². The molecule has 5 heteroatoms. The molecule has 0 aliphatic rings. The standard InChI is InChI=1S/C47H28N2O3/c1-2-11-29(12-3-1)30-15-8-16-33(25-30)49(40-20-9-18-36-35-17-6-7-21-41(35)51-46(36)40)34-23-24-37-43(28-34)50-42-22-10-19-38(45(37)42)47-48-39-26-31-13-4-5-14-32(31)27-44(39)52-47/h1-28H. The van der Waals surface area contributed by atoms with Gasteiger partial charge in [0.15, 0.2) is 11.2 Å². The number of rotatable bonds is 5. The summed E-state index contributed by atoms with van der Waals surface area (Å²) in [5.41, 5.74) is 10.9. The first-order valence-corrected chi connectivity index (χ1v) is 17.4. The van der Waals surface area contributed by atoms with Gasteiger partial charge in [0, 0.05) is 38.9 Å². The molecule has 244 valence electrons. The molecule has 0 radical (unpaired) electrons. The predicted molar refractivity (Wildman–Crippen MR) is 212 cm³/mol. The summed E-state index contributed by atoms with van der Waals surface area (Å²) in [4.78, 5) is 7.21. The molecule has 5 nitrogen and oxygen atoms in total. The van der Waals surface area contributed by atoms with E-state index in [0.717, 1.165) is 99.5 Å². The van der Waals surface area contributed by atoms with Crippen LogP contribution >= 0.6 is 0 Å². The molecule has 0 atom stereocenters. The Bertz CT molecular complexity index is 3100. The Morgan fingerprint density at radius 1 is 0.423 bits per heavy atom. The molecular weight excluding hydrogens is 641 g/mol. The fourth-order valence-corrected chi connectivity index (χ4v) is 7.65. The summed E-state index contributed by atoms with van der Waals surface area (Å²) in [6.07, 6.45) is 0. The van der Waals surface area contributed by atoms with Gasteiger partial charge in [0.25, 0.3) is 0 Å². The molecule has 0 amide bonds. The lowest BCUT2D eigenvalue weighted by Crippen LogP contribution is -2.10. The zero-order chi connectivity index (χ0) is 34.2. The monoisotopic (exact) mass is 668 g/mol. The topological polar surface area (TPSA) is 55.6 Å².